The highest BCUT2D eigenvalue weighted by atomic mass is 16.7. The van der Waals surface area contributed by atoms with Gasteiger partial charge in [0.05, 0.1) is 6.42 Å². The standard InChI is InChI=1S/C20H20N6O3/c27-20(12-14-1-2-16-17(11-14)29-13-28-16)23-10-9-22-18-3-4-19(26-25-18)24-15-5-7-21-8-6-15/h1-8,11H,9-10,12-13H2,(H,22,25)(H,23,27)(H,21,24,26). The van der Waals surface area contributed by atoms with Crippen LogP contribution in [-0.4, -0.2) is 41.0 Å². The van der Waals surface area contributed by atoms with Crippen LogP contribution in [0.15, 0.2) is 54.9 Å². The summed E-state index contributed by atoms with van der Waals surface area (Å²) in [7, 11) is 0. The number of rotatable bonds is 8. The predicted octanol–water partition coefficient (Wildman–Crippen LogP) is 2.11. The summed E-state index contributed by atoms with van der Waals surface area (Å²) in [5.74, 6) is 2.60. The molecule has 0 atom stereocenters. The number of carbonyl (C=O) groups excluding carboxylic acids is 1. The number of fused-ring (bicyclic) bond motifs is 1. The molecule has 2 aromatic heterocycles. The Morgan fingerprint density at radius 3 is 2.55 bits per heavy atom. The fourth-order valence-corrected chi connectivity index (χ4v) is 2.77. The molecule has 1 aliphatic heterocycles. The van der Waals surface area contributed by atoms with Crippen molar-refractivity contribution in [2.24, 2.45) is 0 Å². The van der Waals surface area contributed by atoms with E-state index < -0.39 is 0 Å². The third-order valence-corrected chi connectivity index (χ3v) is 4.17. The summed E-state index contributed by atoms with van der Waals surface area (Å²) >= 11 is 0. The average molecular weight is 392 g/mol. The molecule has 9 heteroatoms. The summed E-state index contributed by atoms with van der Waals surface area (Å²) in [5.41, 5.74) is 1.77. The van der Waals surface area contributed by atoms with E-state index in [1.807, 2.05) is 42.5 Å². The van der Waals surface area contributed by atoms with Gasteiger partial charge in [-0.15, -0.1) is 10.2 Å². The largest absolute Gasteiger partial charge is 0.454 e. The van der Waals surface area contributed by atoms with Gasteiger partial charge in [-0.2, -0.15) is 0 Å². The van der Waals surface area contributed by atoms with Gasteiger partial charge in [0.25, 0.3) is 0 Å². The minimum absolute atomic E-state index is 0.0614. The van der Waals surface area contributed by atoms with Gasteiger partial charge in [0.1, 0.15) is 5.82 Å². The molecule has 0 unspecified atom stereocenters. The molecule has 1 amide bonds. The number of nitrogens with one attached hydrogen (secondary N) is 3. The summed E-state index contributed by atoms with van der Waals surface area (Å²) in [4.78, 5) is 16.1. The van der Waals surface area contributed by atoms with E-state index in [0.29, 0.717) is 36.2 Å². The zero-order chi connectivity index (χ0) is 19.9. The van der Waals surface area contributed by atoms with Crippen LogP contribution >= 0.6 is 0 Å². The van der Waals surface area contributed by atoms with Crippen LogP contribution in [-0.2, 0) is 11.2 Å². The van der Waals surface area contributed by atoms with Crippen molar-refractivity contribution in [3.63, 3.8) is 0 Å². The summed E-state index contributed by atoms with van der Waals surface area (Å²) in [6, 6.07) is 12.9. The Bertz CT molecular complexity index is 966. The van der Waals surface area contributed by atoms with Gasteiger partial charge in [0, 0.05) is 31.2 Å². The first kappa shape index (κ1) is 18.5. The maximum atomic E-state index is 12.1. The van der Waals surface area contributed by atoms with E-state index in [2.05, 4.69) is 31.1 Å². The first-order valence-electron chi connectivity index (χ1n) is 9.16. The number of ether oxygens (including phenoxy) is 2. The number of aromatic nitrogens is 3. The highest BCUT2D eigenvalue weighted by Gasteiger charge is 2.14. The molecule has 3 aromatic rings. The number of hydrogen-bond donors (Lipinski definition) is 3. The zero-order valence-corrected chi connectivity index (χ0v) is 15.6. The molecule has 1 aliphatic rings. The van der Waals surface area contributed by atoms with Gasteiger partial charge < -0.3 is 25.4 Å². The molecule has 9 nitrogen and oxygen atoms in total. The zero-order valence-electron chi connectivity index (χ0n) is 15.6. The van der Waals surface area contributed by atoms with Crippen molar-refractivity contribution >= 4 is 23.2 Å². The quantitative estimate of drug-likeness (QED) is 0.500. The second-order valence-electron chi connectivity index (χ2n) is 6.31. The topological polar surface area (TPSA) is 110 Å². The highest BCUT2D eigenvalue weighted by molar-refractivity contribution is 5.78. The molecule has 0 fully saturated rings. The van der Waals surface area contributed by atoms with E-state index in [1.165, 1.54) is 0 Å². The van der Waals surface area contributed by atoms with E-state index >= 15 is 0 Å². The number of nitrogens with zero attached hydrogens (tertiary/aromatic N) is 3. The van der Waals surface area contributed by atoms with E-state index in [-0.39, 0.29) is 19.1 Å². The van der Waals surface area contributed by atoms with Crippen LogP contribution in [0.2, 0.25) is 0 Å². The molecule has 3 heterocycles. The van der Waals surface area contributed by atoms with Crippen LogP contribution < -0.4 is 25.4 Å². The molecule has 3 N–H and O–H groups in total. The van der Waals surface area contributed by atoms with Crippen LogP contribution in [0.3, 0.4) is 0 Å². The molecule has 0 saturated carbocycles. The SMILES string of the molecule is O=C(Cc1ccc2c(c1)OCO2)NCCNc1ccc(Nc2ccncc2)nn1. The maximum absolute atomic E-state index is 12.1. The van der Waals surface area contributed by atoms with Crippen LogP contribution in [0.5, 0.6) is 11.5 Å². The van der Waals surface area contributed by atoms with Gasteiger partial charge in [0.15, 0.2) is 17.3 Å². The lowest BCUT2D eigenvalue weighted by molar-refractivity contribution is -0.120. The van der Waals surface area contributed by atoms with Crippen molar-refractivity contribution < 1.29 is 14.3 Å². The number of amides is 1. The third-order valence-electron chi connectivity index (χ3n) is 4.17. The lowest BCUT2D eigenvalue weighted by atomic mass is 10.1. The second kappa shape index (κ2) is 8.87. The third kappa shape index (κ3) is 5.10. The minimum Gasteiger partial charge on any atom is -0.454 e. The Hall–Kier alpha value is -3.88. The molecule has 0 radical (unpaired) electrons. The molecule has 1 aromatic carbocycles. The number of hydrogen-bond acceptors (Lipinski definition) is 8. The summed E-state index contributed by atoms with van der Waals surface area (Å²) in [5, 5.41) is 17.4. The Morgan fingerprint density at radius 2 is 1.72 bits per heavy atom. The Morgan fingerprint density at radius 1 is 0.931 bits per heavy atom. The molecular formula is C20H20N6O3. The molecule has 29 heavy (non-hydrogen) atoms. The fraction of sp³-hybridized carbons (Fsp3) is 0.200. The second-order valence-corrected chi connectivity index (χ2v) is 6.31. The molecule has 0 aliphatic carbocycles. The predicted molar refractivity (Wildman–Crippen MR) is 107 cm³/mol. The van der Waals surface area contributed by atoms with Crippen molar-refractivity contribution in [3.05, 3.63) is 60.4 Å². The molecule has 0 spiro atoms. The minimum atomic E-state index is -0.0614. The summed E-state index contributed by atoms with van der Waals surface area (Å²) < 4.78 is 10.6. The number of carbonyl (C=O) groups is 1. The van der Waals surface area contributed by atoms with Gasteiger partial charge in [-0.05, 0) is 42.0 Å². The Kier molecular flexibility index (Phi) is 5.65. The van der Waals surface area contributed by atoms with Crippen molar-refractivity contribution in [2.45, 2.75) is 6.42 Å². The number of anilines is 3. The van der Waals surface area contributed by atoms with Crippen LogP contribution in [0, 0.1) is 0 Å². The molecular weight excluding hydrogens is 372 g/mol. The number of benzene rings is 1. The fourth-order valence-electron chi connectivity index (χ4n) is 2.77. The lowest BCUT2D eigenvalue weighted by Crippen LogP contribution is -2.30. The van der Waals surface area contributed by atoms with Crippen LogP contribution in [0.1, 0.15) is 5.56 Å². The molecule has 148 valence electrons. The van der Waals surface area contributed by atoms with Gasteiger partial charge >= 0.3 is 0 Å². The lowest BCUT2D eigenvalue weighted by Gasteiger charge is -2.08. The van der Waals surface area contributed by atoms with E-state index in [4.69, 9.17) is 9.47 Å². The maximum Gasteiger partial charge on any atom is 0.231 e. The smallest absolute Gasteiger partial charge is 0.231 e. The number of pyridine rings is 1. The average Bonchev–Trinajstić information content (AvgIpc) is 3.21. The molecule has 4 rings (SSSR count). The van der Waals surface area contributed by atoms with Crippen molar-refractivity contribution in [3.8, 4) is 11.5 Å². The molecule has 0 saturated heterocycles. The van der Waals surface area contributed by atoms with Gasteiger partial charge in [0.2, 0.25) is 12.7 Å². The van der Waals surface area contributed by atoms with E-state index in [0.717, 1.165) is 11.3 Å². The summed E-state index contributed by atoms with van der Waals surface area (Å²) in [6.45, 7) is 1.24. The van der Waals surface area contributed by atoms with Crippen molar-refractivity contribution in [1.29, 1.82) is 0 Å². The molecule has 0 bridgehead atoms. The monoisotopic (exact) mass is 392 g/mol. The van der Waals surface area contributed by atoms with Gasteiger partial charge in [-0.3, -0.25) is 9.78 Å². The van der Waals surface area contributed by atoms with E-state index in [1.54, 1.807) is 12.4 Å². The van der Waals surface area contributed by atoms with Crippen molar-refractivity contribution in [2.75, 3.05) is 30.5 Å². The van der Waals surface area contributed by atoms with Gasteiger partial charge in [-0.25, -0.2) is 0 Å². The van der Waals surface area contributed by atoms with Crippen LogP contribution in [0.4, 0.5) is 17.3 Å². The van der Waals surface area contributed by atoms with E-state index in [9.17, 15) is 4.79 Å². The van der Waals surface area contributed by atoms with Crippen LogP contribution in [0.25, 0.3) is 0 Å². The van der Waals surface area contributed by atoms with Gasteiger partial charge in [-0.1, -0.05) is 6.07 Å². The van der Waals surface area contributed by atoms with Crippen molar-refractivity contribution in [1.82, 2.24) is 20.5 Å². The first-order valence-corrected chi connectivity index (χ1v) is 9.16. The highest BCUT2D eigenvalue weighted by Crippen LogP contribution is 2.32. The normalized spacial score (nSPS) is 11.7. The Balaban J connectivity index is 1.18. The summed E-state index contributed by atoms with van der Waals surface area (Å²) in [6.07, 6.45) is 3.69. The Labute approximate surface area is 167 Å². The first-order chi connectivity index (χ1) is 14.3.